The average Bonchev–Trinajstić information content (AvgIpc) is 3.07. The highest BCUT2D eigenvalue weighted by molar-refractivity contribution is 7.89. The first kappa shape index (κ1) is 20.7. The first-order chi connectivity index (χ1) is 12.2. The smallest absolute Gasteiger partial charge is 0.324 e. The van der Waals surface area contributed by atoms with Crippen LogP contribution >= 0.6 is 11.6 Å². The van der Waals surface area contributed by atoms with E-state index >= 15 is 0 Å². The molecule has 1 saturated carbocycles. The fourth-order valence-electron chi connectivity index (χ4n) is 2.70. The standard InChI is InChI=1S/C17H23ClN2O5S/c1-11(20-26(23,24)15-9-5-6-13(18)10-15)17(22)25-12(2)16(21)19-14-7-3-4-8-14/h5-6,9-12,14,20H,3-4,7-8H2,1-2H3,(H,19,21)/t11-,12+/m0/s1. The summed E-state index contributed by atoms with van der Waals surface area (Å²) in [5.74, 6) is -1.21. The van der Waals surface area contributed by atoms with Gasteiger partial charge in [-0.15, -0.1) is 0 Å². The van der Waals surface area contributed by atoms with E-state index in [4.69, 9.17) is 16.3 Å². The van der Waals surface area contributed by atoms with Crippen molar-refractivity contribution in [1.29, 1.82) is 0 Å². The normalized spacial score (nSPS) is 17.5. The van der Waals surface area contributed by atoms with Gasteiger partial charge in [0.15, 0.2) is 6.10 Å². The Morgan fingerprint density at radius 2 is 1.88 bits per heavy atom. The molecule has 144 valence electrons. The number of nitrogens with one attached hydrogen (secondary N) is 2. The summed E-state index contributed by atoms with van der Waals surface area (Å²) in [6.45, 7) is 2.81. The molecule has 1 aromatic carbocycles. The number of hydrogen-bond acceptors (Lipinski definition) is 5. The van der Waals surface area contributed by atoms with E-state index in [0.29, 0.717) is 0 Å². The van der Waals surface area contributed by atoms with Gasteiger partial charge in [0, 0.05) is 11.1 Å². The van der Waals surface area contributed by atoms with Gasteiger partial charge in [0.2, 0.25) is 10.0 Å². The van der Waals surface area contributed by atoms with Gasteiger partial charge in [0.05, 0.1) is 4.90 Å². The molecule has 1 fully saturated rings. The number of sulfonamides is 1. The van der Waals surface area contributed by atoms with Crippen molar-refractivity contribution in [1.82, 2.24) is 10.0 Å². The van der Waals surface area contributed by atoms with Crippen molar-refractivity contribution in [2.75, 3.05) is 0 Å². The molecule has 2 atom stereocenters. The van der Waals surface area contributed by atoms with Gasteiger partial charge < -0.3 is 10.1 Å². The van der Waals surface area contributed by atoms with Gasteiger partial charge in [0.1, 0.15) is 6.04 Å². The van der Waals surface area contributed by atoms with E-state index in [1.807, 2.05) is 0 Å². The highest BCUT2D eigenvalue weighted by Crippen LogP contribution is 2.18. The SMILES string of the molecule is C[C@H](NS(=O)(=O)c1cccc(Cl)c1)C(=O)O[C@H](C)C(=O)NC1CCCC1. The summed E-state index contributed by atoms with van der Waals surface area (Å²) in [5.41, 5.74) is 0. The Kier molecular flexibility index (Phi) is 7.02. The number of benzene rings is 1. The van der Waals surface area contributed by atoms with Crippen molar-refractivity contribution in [3.63, 3.8) is 0 Å². The molecule has 1 aliphatic rings. The van der Waals surface area contributed by atoms with Crippen LogP contribution in [0.5, 0.6) is 0 Å². The Morgan fingerprint density at radius 3 is 2.50 bits per heavy atom. The molecule has 26 heavy (non-hydrogen) atoms. The molecule has 9 heteroatoms. The zero-order valence-electron chi connectivity index (χ0n) is 14.7. The Labute approximate surface area is 158 Å². The van der Waals surface area contributed by atoms with E-state index in [1.165, 1.54) is 32.0 Å². The number of carbonyl (C=O) groups is 2. The molecule has 0 bridgehead atoms. The minimum Gasteiger partial charge on any atom is -0.451 e. The van der Waals surface area contributed by atoms with Crippen LogP contribution in [0.4, 0.5) is 0 Å². The molecular formula is C17H23ClN2O5S. The molecule has 1 aliphatic carbocycles. The van der Waals surface area contributed by atoms with E-state index in [-0.39, 0.29) is 21.9 Å². The van der Waals surface area contributed by atoms with E-state index < -0.39 is 28.1 Å². The van der Waals surface area contributed by atoms with Crippen LogP contribution in [0.2, 0.25) is 5.02 Å². The Hall–Kier alpha value is -1.64. The van der Waals surface area contributed by atoms with Crippen LogP contribution in [0.25, 0.3) is 0 Å². The first-order valence-electron chi connectivity index (χ1n) is 8.48. The summed E-state index contributed by atoms with van der Waals surface area (Å²) in [6, 6.07) is 4.64. The second kappa shape index (κ2) is 8.83. The fourth-order valence-corrected chi connectivity index (χ4v) is 4.19. The van der Waals surface area contributed by atoms with Gasteiger partial charge in [-0.25, -0.2) is 8.42 Å². The Morgan fingerprint density at radius 1 is 1.23 bits per heavy atom. The predicted molar refractivity (Wildman–Crippen MR) is 97.2 cm³/mol. The number of ether oxygens (including phenoxy) is 1. The molecule has 0 aromatic heterocycles. The number of esters is 1. The maximum atomic E-state index is 12.3. The van der Waals surface area contributed by atoms with Crippen molar-refractivity contribution in [2.45, 2.75) is 62.6 Å². The fraction of sp³-hybridized carbons (Fsp3) is 0.529. The predicted octanol–water partition coefficient (Wildman–Crippen LogP) is 2.00. The lowest BCUT2D eigenvalue weighted by Crippen LogP contribution is -2.45. The summed E-state index contributed by atoms with van der Waals surface area (Å²) in [6.07, 6.45) is 2.98. The molecule has 2 rings (SSSR count). The lowest BCUT2D eigenvalue weighted by atomic mass is 10.2. The van der Waals surface area contributed by atoms with Crippen LogP contribution in [-0.4, -0.2) is 38.5 Å². The second-order valence-corrected chi connectivity index (χ2v) is 8.52. The minimum absolute atomic E-state index is 0.0586. The first-order valence-corrected chi connectivity index (χ1v) is 10.3. The molecule has 1 amide bonds. The zero-order valence-corrected chi connectivity index (χ0v) is 16.3. The van der Waals surface area contributed by atoms with Crippen LogP contribution in [0.3, 0.4) is 0 Å². The number of amides is 1. The molecular weight excluding hydrogens is 380 g/mol. The van der Waals surface area contributed by atoms with Gasteiger partial charge >= 0.3 is 5.97 Å². The van der Waals surface area contributed by atoms with E-state index in [0.717, 1.165) is 25.7 Å². The molecule has 0 saturated heterocycles. The third-order valence-electron chi connectivity index (χ3n) is 4.16. The van der Waals surface area contributed by atoms with Crippen LogP contribution in [-0.2, 0) is 24.3 Å². The van der Waals surface area contributed by atoms with E-state index in [2.05, 4.69) is 10.0 Å². The van der Waals surface area contributed by atoms with Gasteiger partial charge in [-0.3, -0.25) is 9.59 Å². The van der Waals surface area contributed by atoms with Gasteiger partial charge in [-0.05, 0) is 44.9 Å². The van der Waals surface area contributed by atoms with Crippen LogP contribution in [0.1, 0.15) is 39.5 Å². The summed E-state index contributed by atoms with van der Waals surface area (Å²) >= 11 is 5.80. The minimum atomic E-state index is -3.94. The highest BCUT2D eigenvalue weighted by atomic mass is 35.5. The molecule has 7 nitrogen and oxygen atoms in total. The number of halogens is 1. The van der Waals surface area contributed by atoms with Gasteiger partial charge in [-0.1, -0.05) is 30.5 Å². The van der Waals surface area contributed by atoms with E-state index in [1.54, 1.807) is 6.07 Å². The summed E-state index contributed by atoms with van der Waals surface area (Å²) in [5, 5.41) is 3.10. The molecule has 1 aromatic rings. The maximum Gasteiger partial charge on any atom is 0.324 e. The average molecular weight is 403 g/mol. The Balaban J connectivity index is 1.90. The molecule has 0 unspecified atom stereocenters. The van der Waals surface area contributed by atoms with Gasteiger partial charge in [-0.2, -0.15) is 4.72 Å². The van der Waals surface area contributed by atoms with Crippen molar-refractivity contribution in [3.8, 4) is 0 Å². The van der Waals surface area contributed by atoms with Crippen molar-refractivity contribution < 1.29 is 22.7 Å². The molecule has 2 N–H and O–H groups in total. The van der Waals surface area contributed by atoms with Crippen molar-refractivity contribution in [3.05, 3.63) is 29.3 Å². The quantitative estimate of drug-likeness (QED) is 0.679. The molecule has 0 aliphatic heterocycles. The van der Waals surface area contributed by atoms with E-state index in [9.17, 15) is 18.0 Å². The monoisotopic (exact) mass is 402 g/mol. The van der Waals surface area contributed by atoms with Crippen LogP contribution < -0.4 is 10.0 Å². The molecule has 0 radical (unpaired) electrons. The summed E-state index contributed by atoms with van der Waals surface area (Å²) in [4.78, 5) is 24.1. The topological polar surface area (TPSA) is 102 Å². The Bertz CT molecular complexity index is 762. The third-order valence-corrected chi connectivity index (χ3v) is 5.93. The number of hydrogen-bond donors (Lipinski definition) is 2. The van der Waals surface area contributed by atoms with Crippen molar-refractivity contribution in [2.24, 2.45) is 0 Å². The van der Waals surface area contributed by atoms with Gasteiger partial charge in [0.25, 0.3) is 5.91 Å². The lowest BCUT2D eigenvalue weighted by molar-refractivity contribution is -0.156. The second-order valence-electron chi connectivity index (χ2n) is 6.37. The van der Waals surface area contributed by atoms with Crippen LogP contribution in [0, 0.1) is 0 Å². The summed E-state index contributed by atoms with van der Waals surface area (Å²) < 4.78 is 31.9. The number of carbonyl (C=O) groups excluding carboxylic acids is 2. The van der Waals surface area contributed by atoms with Crippen LogP contribution in [0.15, 0.2) is 29.2 Å². The largest absolute Gasteiger partial charge is 0.451 e. The molecule has 0 heterocycles. The lowest BCUT2D eigenvalue weighted by Gasteiger charge is -2.19. The maximum absolute atomic E-state index is 12.3. The zero-order chi connectivity index (χ0) is 19.3. The highest BCUT2D eigenvalue weighted by Gasteiger charge is 2.27. The third kappa shape index (κ3) is 5.69. The van der Waals surface area contributed by atoms with Crippen molar-refractivity contribution >= 4 is 33.5 Å². The molecule has 0 spiro atoms. The summed E-state index contributed by atoms with van der Waals surface area (Å²) in [7, 11) is -3.94. The number of rotatable bonds is 7.